The molecule has 0 aromatic heterocycles. The second-order valence-electron chi connectivity index (χ2n) is 13.4. The van der Waals surface area contributed by atoms with Gasteiger partial charge in [-0.25, -0.2) is 18.2 Å². The van der Waals surface area contributed by atoms with Crippen molar-refractivity contribution in [3.8, 4) is 0 Å². The minimum Gasteiger partial charge on any atom is -0.391 e. The molecule has 4 N–H and O–H groups in total. The van der Waals surface area contributed by atoms with Crippen LogP contribution in [-0.4, -0.2) is 87.5 Å². The molecular formula is C35H60F3N4O2P. The maximum absolute atomic E-state index is 15.4. The van der Waals surface area contributed by atoms with Crippen molar-refractivity contribution in [3.63, 3.8) is 0 Å². The summed E-state index contributed by atoms with van der Waals surface area (Å²) in [4.78, 5) is 2.39. The number of rotatable bonds is 7. The Balaban J connectivity index is 0.000000719. The van der Waals surface area contributed by atoms with Gasteiger partial charge in [-0.2, -0.15) is 0 Å². The van der Waals surface area contributed by atoms with Crippen molar-refractivity contribution in [2.75, 3.05) is 13.1 Å². The van der Waals surface area contributed by atoms with Crippen molar-refractivity contribution < 1.29 is 23.4 Å². The number of nitrogens with one attached hydrogen (secondary N) is 2. The number of aliphatic hydroxyl groups is 2. The van der Waals surface area contributed by atoms with Gasteiger partial charge < -0.3 is 20.4 Å². The smallest absolute Gasteiger partial charge is 0.276 e. The molecule has 0 amide bonds. The number of likely N-dealkylation sites (tertiary alicyclic amines) is 1. The van der Waals surface area contributed by atoms with Crippen LogP contribution in [0.4, 0.5) is 13.2 Å². The fraction of sp³-hybridized carbons (Fsp3) is 0.771. The van der Waals surface area contributed by atoms with Crippen LogP contribution in [0, 0.1) is 17.8 Å². The molecule has 12 atom stereocenters. The van der Waals surface area contributed by atoms with Gasteiger partial charge in [-0.15, -0.1) is 0 Å². The van der Waals surface area contributed by atoms with Crippen LogP contribution < -0.4 is 10.7 Å². The Morgan fingerprint density at radius 3 is 2.24 bits per heavy atom. The van der Waals surface area contributed by atoms with Crippen molar-refractivity contribution in [2.45, 2.75) is 140 Å². The second kappa shape index (κ2) is 16.7. The molecule has 3 heterocycles. The Bertz CT molecular complexity index is 1030. The summed E-state index contributed by atoms with van der Waals surface area (Å²) in [6.07, 6.45) is 5.83. The summed E-state index contributed by atoms with van der Waals surface area (Å²) in [5, 5.41) is 26.7. The third kappa shape index (κ3) is 8.63. The first-order chi connectivity index (χ1) is 21.3. The molecule has 5 fully saturated rings. The summed E-state index contributed by atoms with van der Waals surface area (Å²) >= 11 is 0. The van der Waals surface area contributed by atoms with Gasteiger partial charge in [0.25, 0.3) is 5.66 Å². The number of allylic oxidation sites excluding steroid dienone is 3. The third-order valence-electron chi connectivity index (χ3n) is 10.7. The Kier molecular flexibility index (Phi) is 14.2. The molecule has 2 aliphatic carbocycles. The Morgan fingerprint density at radius 1 is 1.02 bits per heavy atom. The highest BCUT2D eigenvalue weighted by Crippen LogP contribution is 2.46. The van der Waals surface area contributed by atoms with Crippen LogP contribution >= 0.6 is 9.24 Å². The molecular weight excluding hydrogens is 596 g/mol. The van der Waals surface area contributed by atoms with Gasteiger partial charge >= 0.3 is 0 Å². The summed E-state index contributed by atoms with van der Waals surface area (Å²) in [6, 6.07) is -0.820. The van der Waals surface area contributed by atoms with Crippen molar-refractivity contribution in [1.29, 1.82) is 0 Å². The normalized spacial score (nSPS) is 38.4. The van der Waals surface area contributed by atoms with E-state index in [0.717, 1.165) is 68.3 Å². The van der Waals surface area contributed by atoms with E-state index in [0.29, 0.717) is 18.9 Å². The maximum Gasteiger partial charge on any atom is 0.276 e. The van der Waals surface area contributed by atoms with E-state index in [1.807, 2.05) is 27.7 Å². The number of nitrogens with zero attached hydrogens (tertiary/aromatic N) is 2. The Morgan fingerprint density at radius 2 is 1.67 bits per heavy atom. The third-order valence-corrected chi connectivity index (χ3v) is 11.0. The minimum atomic E-state index is -3.07. The van der Waals surface area contributed by atoms with Crippen LogP contribution in [0.1, 0.15) is 85.5 Å². The number of alkyl halides is 3. The van der Waals surface area contributed by atoms with E-state index in [1.54, 1.807) is 15.3 Å². The number of aliphatic hydroxyl groups excluding tert-OH is 2. The van der Waals surface area contributed by atoms with Crippen molar-refractivity contribution in [3.05, 3.63) is 49.2 Å². The number of piperidine rings is 2. The standard InChI is InChI=1S/C28H46F3N4O2P.C5H8.C2H6/c1-4-15(2)18-9-10-22(26(37)25(18)29)35-21-11-12-34(20-8-6-5-7-19(33-35)24(20)21)16(3)17-13-23(36)27(32-14-17)28(30,31)38;1-4-5(2)3;1-2/h17-27,32-33,36-37H,2-14,38H2,1H3;4H,1-2H2,3H3;1-2H3. The van der Waals surface area contributed by atoms with Crippen LogP contribution in [0.15, 0.2) is 49.2 Å². The van der Waals surface area contributed by atoms with Gasteiger partial charge in [-0.3, -0.25) is 5.43 Å². The van der Waals surface area contributed by atoms with Gasteiger partial charge in [0, 0.05) is 54.7 Å². The summed E-state index contributed by atoms with van der Waals surface area (Å²) < 4.78 is 43.1. The van der Waals surface area contributed by atoms with E-state index in [4.69, 9.17) is 0 Å². The predicted octanol–water partition coefficient (Wildman–Crippen LogP) is 6.35. The zero-order valence-electron chi connectivity index (χ0n) is 28.0. The lowest BCUT2D eigenvalue weighted by Crippen LogP contribution is -2.61. The highest BCUT2D eigenvalue weighted by molar-refractivity contribution is 7.18. The van der Waals surface area contributed by atoms with Gasteiger partial charge in [-0.05, 0) is 51.9 Å². The van der Waals surface area contributed by atoms with E-state index in [9.17, 15) is 19.0 Å². The highest BCUT2D eigenvalue weighted by Gasteiger charge is 2.55. The van der Waals surface area contributed by atoms with Crippen molar-refractivity contribution in [2.24, 2.45) is 17.8 Å². The molecule has 5 rings (SSSR count). The first-order valence-corrected chi connectivity index (χ1v) is 17.7. The van der Waals surface area contributed by atoms with E-state index < -0.39 is 30.1 Å². The van der Waals surface area contributed by atoms with Crippen LogP contribution in [0.5, 0.6) is 0 Å². The van der Waals surface area contributed by atoms with E-state index in [-0.39, 0.29) is 42.4 Å². The lowest BCUT2D eigenvalue weighted by atomic mass is 9.75. The number of hydrogen-bond donors (Lipinski definition) is 4. The topological polar surface area (TPSA) is 71.0 Å². The molecule has 0 aromatic carbocycles. The molecule has 0 radical (unpaired) electrons. The molecule has 10 heteroatoms. The first kappa shape index (κ1) is 38.2. The van der Waals surface area contributed by atoms with Crippen molar-refractivity contribution in [1.82, 2.24) is 20.7 Å². The fourth-order valence-electron chi connectivity index (χ4n) is 8.27. The molecule has 2 saturated carbocycles. The second-order valence-corrected chi connectivity index (χ2v) is 14.2. The molecule has 258 valence electrons. The number of hydrogen-bond acceptors (Lipinski definition) is 6. The van der Waals surface area contributed by atoms with Crippen molar-refractivity contribution >= 4 is 9.24 Å². The van der Waals surface area contributed by atoms with E-state index in [2.05, 4.69) is 47.0 Å². The summed E-state index contributed by atoms with van der Waals surface area (Å²) in [5.74, 6) is -0.0573. The Hall–Kier alpha value is -1.22. The average molecular weight is 657 g/mol. The van der Waals surface area contributed by atoms with Gasteiger partial charge in [0.1, 0.15) is 18.3 Å². The molecule has 0 aromatic rings. The molecule has 0 spiro atoms. The van der Waals surface area contributed by atoms with Crippen LogP contribution in [0.3, 0.4) is 0 Å². The summed E-state index contributed by atoms with van der Waals surface area (Å²) in [6.45, 7) is 24.6. The largest absolute Gasteiger partial charge is 0.391 e. The molecule has 3 aliphatic heterocycles. The maximum atomic E-state index is 15.4. The molecule has 6 nitrogen and oxygen atoms in total. The Labute approximate surface area is 272 Å². The average Bonchev–Trinajstić information content (AvgIpc) is 3.24. The highest BCUT2D eigenvalue weighted by atomic mass is 31.0. The number of halogens is 3. The predicted molar refractivity (Wildman–Crippen MR) is 183 cm³/mol. The summed E-state index contributed by atoms with van der Waals surface area (Å²) in [5.41, 5.74) is 3.50. The fourth-order valence-corrected chi connectivity index (χ4v) is 8.61. The first-order valence-electron chi connectivity index (χ1n) is 17.2. The van der Waals surface area contributed by atoms with Gasteiger partial charge in [0.2, 0.25) is 0 Å². The van der Waals surface area contributed by atoms with Gasteiger partial charge in [-0.1, -0.05) is 86.4 Å². The monoisotopic (exact) mass is 656 g/mol. The molecule has 12 unspecified atom stereocenters. The molecule has 3 saturated heterocycles. The van der Waals surface area contributed by atoms with Crippen LogP contribution in [-0.2, 0) is 0 Å². The zero-order chi connectivity index (χ0) is 33.6. The van der Waals surface area contributed by atoms with Gasteiger partial charge in [0.05, 0.1) is 12.1 Å². The van der Waals surface area contributed by atoms with E-state index >= 15 is 4.39 Å². The van der Waals surface area contributed by atoms with Crippen LogP contribution in [0.2, 0.25) is 0 Å². The quantitative estimate of drug-likeness (QED) is 0.146. The molecule has 5 aliphatic rings. The SMILES string of the molecule is C=C(CC)C1CCC(N2NC3CCCCC4C3C2CCN4C(=C)C2CNC(C(F)(F)P)C(O)C2)C(O)C1F.C=CC(=C)C.CC. The lowest BCUT2D eigenvalue weighted by molar-refractivity contribution is -0.0781. The summed E-state index contributed by atoms with van der Waals surface area (Å²) in [7, 11) is 1.54. The lowest BCUT2D eigenvalue weighted by Gasteiger charge is -2.50. The number of hydrazine groups is 1. The van der Waals surface area contributed by atoms with E-state index in [1.165, 1.54) is 0 Å². The molecule has 45 heavy (non-hydrogen) atoms. The zero-order valence-corrected chi connectivity index (χ0v) is 29.2. The van der Waals surface area contributed by atoms with Crippen LogP contribution in [0.25, 0.3) is 0 Å². The van der Waals surface area contributed by atoms with Gasteiger partial charge in [0.15, 0.2) is 0 Å². The minimum absolute atomic E-state index is 0.103. The molecule has 0 bridgehead atoms.